The molecule has 0 saturated carbocycles. The number of hydrogen-bond donors (Lipinski definition) is 2. The number of hydrazine groups is 1. The molecular weight excluding hydrogens is 354 g/mol. The maximum Gasteiger partial charge on any atom is 0.344 e. The lowest BCUT2D eigenvalue weighted by Gasteiger charge is -2.21. The monoisotopic (exact) mass is 371 g/mol. The van der Waals surface area contributed by atoms with Crippen LogP contribution in [-0.4, -0.2) is 28.4 Å². The third-order valence-corrected chi connectivity index (χ3v) is 4.55. The van der Waals surface area contributed by atoms with Crippen LogP contribution >= 0.6 is 11.6 Å². The summed E-state index contributed by atoms with van der Waals surface area (Å²) in [6.07, 6.45) is 1.05. The molecule has 2 aromatic carbocycles. The molecule has 1 aliphatic rings. The quantitative estimate of drug-likeness (QED) is 0.793. The molecule has 1 saturated heterocycles. The molecule has 0 spiro atoms. The van der Waals surface area contributed by atoms with E-state index >= 15 is 0 Å². The van der Waals surface area contributed by atoms with Crippen LogP contribution in [0, 0.1) is 0 Å². The van der Waals surface area contributed by atoms with Crippen molar-refractivity contribution in [1.82, 2.24) is 15.8 Å². The molecule has 1 heterocycles. The summed E-state index contributed by atoms with van der Waals surface area (Å²) in [4.78, 5) is 37.2. The molecule has 0 radical (unpaired) electrons. The average Bonchev–Trinajstić information content (AvgIpc) is 2.84. The van der Waals surface area contributed by atoms with Crippen LogP contribution in [0.25, 0.3) is 0 Å². The van der Waals surface area contributed by atoms with E-state index in [4.69, 9.17) is 11.6 Å². The van der Waals surface area contributed by atoms with E-state index in [1.807, 2.05) is 30.3 Å². The molecule has 134 valence electrons. The number of carbonyl (C=O) groups excluding carboxylic acids is 3. The van der Waals surface area contributed by atoms with Crippen molar-refractivity contribution in [3.63, 3.8) is 0 Å². The lowest BCUT2D eigenvalue weighted by molar-refractivity contribution is -0.132. The van der Waals surface area contributed by atoms with Crippen LogP contribution < -0.4 is 10.7 Å². The highest BCUT2D eigenvalue weighted by Gasteiger charge is 2.48. The van der Waals surface area contributed by atoms with Crippen molar-refractivity contribution in [2.75, 3.05) is 0 Å². The predicted octanol–water partition coefficient (Wildman–Crippen LogP) is 2.93. The first-order valence-corrected chi connectivity index (χ1v) is 8.54. The van der Waals surface area contributed by atoms with E-state index in [1.54, 1.807) is 25.1 Å². The largest absolute Gasteiger partial charge is 0.344 e. The van der Waals surface area contributed by atoms with E-state index in [-0.39, 0.29) is 5.56 Å². The molecule has 0 bridgehead atoms. The molecule has 1 unspecified atom stereocenters. The first kappa shape index (κ1) is 17.9. The normalized spacial score (nSPS) is 19.4. The molecule has 0 aromatic heterocycles. The topological polar surface area (TPSA) is 78.5 Å². The van der Waals surface area contributed by atoms with Crippen LogP contribution in [0.4, 0.5) is 4.79 Å². The van der Waals surface area contributed by atoms with Crippen molar-refractivity contribution >= 4 is 29.4 Å². The van der Waals surface area contributed by atoms with Gasteiger partial charge < -0.3 is 5.32 Å². The molecule has 1 aliphatic heterocycles. The molecule has 2 aromatic rings. The van der Waals surface area contributed by atoms with Gasteiger partial charge >= 0.3 is 6.03 Å². The first-order valence-electron chi connectivity index (χ1n) is 8.16. The number of urea groups is 1. The molecule has 4 amide bonds. The Morgan fingerprint density at radius 3 is 2.58 bits per heavy atom. The Hall–Kier alpha value is -2.86. The molecule has 1 atom stereocenters. The van der Waals surface area contributed by atoms with Gasteiger partial charge in [-0.05, 0) is 43.5 Å². The zero-order valence-electron chi connectivity index (χ0n) is 14.2. The number of carbonyl (C=O) groups is 3. The third kappa shape index (κ3) is 3.70. The Bertz CT molecular complexity index is 856. The molecule has 26 heavy (non-hydrogen) atoms. The van der Waals surface area contributed by atoms with Gasteiger partial charge in [0.25, 0.3) is 11.8 Å². The maximum atomic E-state index is 12.7. The lowest BCUT2D eigenvalue weighted by Crippen LogP contribution is -2.48. The van der Waals surface area contributed by atoms with Gasteiger partial charge in [-0.25, -0.2) is 4.79 Å². The minimum atomic E-state index is -1.07. The Morgan fingerprint density at radius 1 is 1.15 bits per heavy atom. The summed E-state index contributed by atoms with van der Waals surface area (Å²) in [6.45, 7) is 1.65. The van der Waals surface area contributed by atoms with Crippen LogP contribution in [0.15, 0.2) is 54.6 Å². The second-order valence-electron chi connectivity index (χ2n) is 6.34. The Labute approximate surface area is 156 Å². The number of nitrogens with one attached hydrogen (secondary N) is 2. The van der Waals surface area contributed by atoms with Gasteiger partial charge in [0.15, 0.2) is 0 Å². The maximum absolute atomic E-state index is 12.7. The summed E-state index contributed by atoms with van der Waals surface area (Å²) in [7, 11) is 0. The summed E-state index contributed by atoms with van der Waals surface area (Å²) >= 11 is 5.87. The van der Waals surface area contributed by atoms with Crippen molar-refractivity contribution in [1.29, 1.82) is 0 Å². The number of imide groups is 1. The highest BCUT2D eigenvalue weighted by Crippen LogP contribution is 2.22. The fourth-order valence-electron chi connectivity index (χ4n) is 2.79. The van der Waals surface area contributed by atoms with Crippen LogP contribution in [0.5, 0.6) is 0 Å². The van der Waals surface area contributed by atoms with E-state index in [1.165, 1.54) is 6.07 Å². The number of rotatable bonds is 5. The van der Waals surface area contributed by atoms with E-state index < -0.39 is 23.4 Å². The van der Waals surface area contributed by atoms with E-state index in [2.05, 4.69) is 10.7 Å². The van der Waals surface area contributed by atoms with Gasteiger partial charge in [0.05, 0.1) is 0 Å². The molecule has 1 fully saturated rings. The number of nitrogens with zero attached hydrogens (tertiary/aromatic N) is 1. The van der Waals surface area contributed by atoms with Crippen molar-refractivity contribution in [3.05, 3.63) is 70.7 Å². The fourth-order valence-corrected chi connectivity index (χ4v) is 2.98. The summed E-state index contributed by atoms with van der Waals surface area (Å²) in [5, 5.41) is 3.79. The minimum Gasteiger partial charge on any atom is -0.322 e. The highest BCUT2D eigenvalue weighted by molar-refractivity contribution is 6.31. The molecule has 2 N–H and O–H groups in total. The van der Waals surface area contributed by atoms with Gasteiger partial charge in [-0.3, -0.25) is 15.0 Å². The predicted molar refractivity (Wildman–Crippen MR) is 97.5 cm³/mol. The number of benzene rings is 2. The molecule has 7 heteroatoms. The first-order chi connectivity index (χ1) is 12.4. The molecule has 0 aliphatic carbocycles. The second-order valence-corrected chi connectivity index (χ2v) is 6.78. The lowest BCUT2D eigenvalue weighted by atomic mass is 9.93. The smallest absolute Gasteiger partial charge is 0.322 e. The summed E-state index contributed by atoms with van der Waals surface area (Å²) in [5.74, 6) is -1.07. The second kappa shape index (κ2) is 7.17. The van der Waals surface area contributed by atoms with Gasteiger partial charge in [0, 0.05) is 10.6 Å². The van der Waals surface area contributed by atoms with Gasteiger partial charge in [-0.15, -0.1) is 0 Å². The molecule has 6 nitrogen and oxygen atoms in total. The fraction of sp³-hybridized carbons (Fsp3) is 0.211. The van der Waals surface area contributed by atoms with Gasteiger partial charge in [0.2, 0.25) is 0 Å². The average molecular weight is 372 g/mol. The van der Waals surface area contributed by atoms with E-state index in [9.17, 15) is 14.4 Å². The zero-order valence-corrected chi connectivity index (χ0v) is 14.9. The number of hydrogen-bond acceptors (Lipinski definition) is 3. The number of aryl methyl sites for hydroxylation is 1. The number of halogens is 1. The summed E-state index contributed by atoms with van der Waals surface area (Å²) < 4.78 is 0. The van der Waals surface area contributed by atoms with Crippen LogP contribution in [-0.2, 0) is 11.2 Å². The standard InChI is InChI=1S/C19H18ClN3O3/c1-19(11-10-13-6-3-2-4-7-13)17(25)23(18(26)21-19)22-16(24)14-8-5-9-15(20)12-14/h2-9,12H,10-11H2,1H3,(H,21,26)(H,22,24). The SMILES string of the molecule is CC1(CCc2ccccc2)NC(=O)N(NC(=O)c2cccc(Cl)c2)C1=O. The Balaban J connectivity index is 1.69. The Kier molecular flexibility index (Phi) is 4.95. The van der Waals surface area contributed by atoms with E-state index in [0.29, 0.717) is 17.9 Å². The van der Waals surface area contributed by atoms with Crippen molar-refractivity contribution in [2.45, 2.75) is 25.3 Å². The third-order valence-electron chi connectivity index (χ3n) is 4.32. The molecule has 3 rings (SSSR count). The summed E-state index contributed by atoms with van der Waals surface area (Å²) in [5.41, 5.74) is 2.60. The van der Waals surface area contributed by atoms with Gasteiger partial charge in [-0.1, -0.05) is 48.0 Å². The minimum absolute atomic E-state index is 0.260. The summed E-state index contributed by atoms with van der Waals surface area (Å²) in [6, 6.07) is 15.3. The molecular formula is C19H18ClN3O3. The van der Waals surface area contributed by atoms with Gasteiger partial charge in [0.1, 0.15) is 5.54 Å². The van der Waals surface area contributed by atoms with Crippen LogP contribution in [0.3, 0.4) is 0 Å². The van der Waals surface area contributed by atoms with Crippen molar-refractivity contribution < 1.29 is 14.4 Å². The highest BCUT2D eigenvalue weighted by atomic mass is 35.5. The van der Waals surface area contributed by atoms with Crippen molar-refractivity contribution in [3.8, 4) is 0 Å². The number of amides is 4. The van der Waals surface area contributed by atoms with Crippen LogP contribution in [0.1, 0.15) is 29.3 Å². The van der Waals surface area contributed by atoms with Crippen LogP contribution in [0.2, 0.25) is 5.02 Å². The zero-order chi connectivity index (χ0) is 18.7. The Morgan fingerprint density at radius 2 is 1.88 bits per heavy atom. The van der Waals surface area contributed by atoms with Crippen molar-refractivity contribution in [2.24, 2.45) is 0 Å². The van der Waals surface area contributed by atoms with E-state index in [0.717, 1.165) is 10.6 Å². The van der Waals surface area contributed by atoms with Gasteiger partial charge in [-0.2, -0.15) is 5.01 Å².